The zero-order valence-electron chi connectivity index (χ0n) is 14.7. The molecule has 1 aliphatic rings. The molecular weight excluding hydrogens is 371 g/mol. The molecule has 8 heteroatoms. The van der Waals surface area contributed by atoms with E-state index < -0.39 is 11.4 Å². The first-order valence-electron chi connectivity index (χ1n) is 8.72. The number of carboxylic acid groups (broad SMARTS) is 1. The third kappa shape index (κ3) is 5.11. The van der Waals surface area contributed by atoms with Crippen LogP contribution in [0.15, 0.2) is 29.6 Å². The van der Waals surface area contributed by atoms with Crippen LogP contribution >= 0.6 is 11.3 Å². The maximum absolute atomic E-state index is 13.0. The number of aliphatic carboxylic acids is 1. The summed E-state index contributed by atoms with van der Waals surface area (Å²) < 4.78 is 18.2. The molecule has 3 rings (SSSR count). The highest BCUT2D eigenvalue weighted by Crippen LogP contribution is 2.30. The number of carboxylic acids is 1. The van der Waals surface area contributed by atoms with E-state index in [0.717, 1.165) is 10.6 Å². The van der Waals surface area contributed by atoms with E-state index >= 15 is 0 Å². The van der Waals surface area contributed by atoms with Crippen LogP contribution in [0.4, 0.5) is 4.39 Å². The fourth-order valence-corrected chi connectivity index (χ4v) is 3.84. The summed E-state index contributed by atoms with van der Waals surface area (Å²) in [4.78, 5) is 28.3. The number of benzene rings is 1. The minimum Gasteiger partial charge on any atom is -0.481 e. The number of hydrogen-bond donors (Lipinski definition) is 2. The Morgan fingerprint density at radius 1 is 1.26 bits per heavy atom. The number of nitrogens with one attached hydrogen (secondary N) is 1. The summed E-state index contributed by atoms with van der Waals surface area (Å²) in [6, 6.07) is 6.24. The minimum absolute atomic E-state index is 0.0943. The molecule has 2 heterocycles. The molecule has 1 aromatic carbocycles. The Morgan fingerprint density at radius 3 is 2.63 bits per heavy atom. The molecule has 1 saturated heterocycles. The van der Waals surface area contributed by atoms with Crippen LogP contribution in [0, 0.1) is 11.2 Å². The van der Waals surface area contributed by atoms with E-state index in [1.807, 2.05) is 5.38 Å². The molecule has 2 aromatic rings. The lowest BCUT2D eigenvalue weighted by atomic mass is 9.80. The maximum atomic E-state index is 13.0. The third-order valence-corrected chi connectivity index (χ3v) is 5.63. The van der Waals surface area contributed by atoms with E-state index in [4.69, 9.17) is 4.74 Å². The number of rotatable bonds is 7. The van der Waals surface area contributed by atoms with E-state index in [1.165, 1.54) is 23.5 Å². The van der Waals surface area contributed by atoms with Crippen LogP contribution in [0.25, 0.3) is 0 Å². The zero-order chi connectivity index (χ0) is 19.3. The Labute approximate surface area is 160 Å². The summed E-state index contributed by atoms with van der Waals surface area (Å²) in [6.07, 6.45) is 1.46. The number of halogens is 1. The number of thiazole rings is 1. The Bertz CT molecular complexity index is 800. The Morgan fingerprint density at radius 2 is 1.96 bits per heavy atom. The van der Waals surface area contributed by atoms with Crippen LogP contribution in [0.1, 0.15) is 29.1 Å². The summed E-state index contributed by atoms with van der Waals surface area (Å²) in [5.74, 6) is -1.43. The van der Waals surface area contributed by atoms with Crippen molar-refractivity contribution in [2.24, 2.45) is 5.41 Å². The summed E-state index contributed by atoms with van der Waals surface area (Å²) in [7, 11) is 0. The quantitative estimate of drug-likeness (QED) is 0.755. The van der Waals surface area contributed by atoms with Crippen LogP contribution in [0.5, 0.6) is 0 Å². The summed E-state index contributed by atoms with van der Waals surface area (Å²) in [6.45, 7) is 0.874. The van der Waals surface area contributed by atoms with Gasteiger partial charge in [-0.05, 0) is 30.5 Å². The SMILES string of the molecule is O=C(Cc1csc(Cc2ccc(F)cc2)n1)NCC1(C(=O)O)CCOCC1. The number of hydrogen-bond acceptors (Lipinski definition) is 5. The van der Waals surface area contributed by atoms with E-state index in [0.29, 0.717) is 38.2 Å². The van der Waals surface area contributed by atoms with Crippen LogP contribution in [0.2, 0.25) is 0 Å². The van der Waals surface area contributed by atoms with Gasteiger partial charge in [0.15, 0.2) is 0 Å². The van der Waals surface area contributed by atoms with Gasteiger partial charge in [-0.2, -0.15) is 0 Å². The normalized spacial score (nSPS) is 16.0. The minimum atomic E-state index is -0.955. The van der Waals surface area contributed by atoms with Crippen molar-refractivity contribution in [3.63, 3.8) is 0 Å². The molecule has 1 aliphatic heterocycles. The third-order valence-electron chi connectivity index (χ3n) is 4.74. The highest BCUT2D eigenvalue weighted by Gasteiger charge is 2.40. The van der Waals surface area contributed by atoms with Gasteiger partial charge in [-0.1, -0.05) is 12.1 Å². The molecule has 0 atom stereocenters. The molecule has 0 radical (unpaired) electrons. The molecule has 1 amide bonds. The van der Waals surface area contributed by atoms with E-state index in [-0.39, 0.29) is 24.7 Å². The highest BCUT2D eigenvalue weighted by molar-refractivity contribution is 7.09. The lowest BCUT2D eigenvalue weighted by molar-refractivity contribution is -0.154. The van der Waals surface area contributed by atoms with Crippen molar-refractivity contribution in [2.45, 2.75) is 25.7 Å². The first-order valence-corrected chi connectivity index (χ1v) is 9.60. The van der Waals surface area contributed by atoms with Crippen molar-refractivity contribution < 1.29 is 23.8 Å². The van der Waals surface area contributed by atoms with E-state index in [1.54, 1.807) is 12.1 Å². The largest absolute Gasteiger partial charge is 0.481 e. The first kappa shape index (κ1) is 19.4. The number of aromatic nitrogens is 1. The fraction of sp³-hybridized carbons (Fsp3) is 0.421. The first-order chi connectivity index (χ1) is 13.0. The van der Waals surface area contributed by atoms with Gasteiger partial charge in [0.1, 0.15) is 5.82 Å². The predicted molar refractivity (Wildman–Crippen MR) is 98.2 cm³/mol. The van der Waals surface area contributed by atoms with Gasteiger partial charge in [0.25, 0.3) is 0 Å². The number of ether oxygens (including phenoxy) is 1. The number of nitrogens with zero attached hydrogens (tertiary/aromatic N) is 1. The van der Waals surface area contributed by atoms with Gasteiger partial charge >= 0.3 is 5.97 Å². The summed E-state index contributed by atoms with van der Waals surface area (Å²) in [5, 5.41) is 14.9. The van der Waals surface area contributed by atoms with Crippen molar-refractivity contribution in [3.8, 4) is 0 Å². The molecule has 1 aromatic heterocycles. The zero-order valence-corrected chi connectivity index (χ0v) is 15.6. The molecule has 0 unspecified atom stereocenters. The summed E-state index contributed by atoms with van der Waals surface area (Å²) >= 11 is 1.45. The molecule has 144 valence electrons. The van der Waals surface area contributed by atoms with Crippen LogP contribution in [0.3, 0.4) is 0 Å². The molecule has 27 heavy (non-hydrogen) atoms. The summed E-state index contributed by atoms with van der Waals surface area (Å²) in [5.41, 5.74) is 0.639. The molecule has 0 saturated carbocycles. The molecular formula is C19H21FN2O4S. The van der Waals surface area contributed by atoms with Crippen molar-refractivity contribution in [1.82, 2.24) is 10.3 Å². The predicted octanol–water partition coefficient (Wildman–Crippen LogP) is 2.41. The molecule has 6 nitrogen and oxygen atoms in total. The van der Waals surface area contributed by atoms with E-state index in [9.17, 15) is 19.1 Å². The van der Waals surface area contributed by atoms with Crippen molar-refractivity contribution in [3.05, 3.63) is 51.7 Å². The van der Waals surface area contributed by atoms with Crippen LogP contribution in [-0.4, -0.2) is 41.7 Å². The second-order valence-corrected chi connectivity index (χ2v) is 7.63. The van der Waals surface area contributed by atoms with Crippen molar-refractivity contribution >= 4 is 23.2 Å². The second-order valence-electron chi connectivity index (χ2n) is 6.69. The Balaban J connectivity index is 1.53. The molecule has 0 aliphatic carbocycles. The lowest BCUT2D eigenvalue weighted by Crippen LogP contribution is -2.46. The average Bonchev–Trinajstić information content (AvgIpc) is 3.09. The van der Waals surface area contributed by atoms with Crippen molar-refractivity contribution in [1.29, 1.82) is 0 Å². The smallest absolute Gasteiger partial charge is 0.311 e. The van der Waals surface area contributed by atoms with Crippen LogP contribution in [-0.2, 0) is 27.2 Å². The van der Waals surface area contributed by atoms with E-state index in [2.05, 4.69) is 10.3 Å². The topological polar surface area (TPSA) is 88.5 Å². The van der Waals surface area contributed by atoms with Gasteiger partial charge in [0.05, 0.1) is 22.5 Å². The lowest BCUT2D eigenvalue weighted by Gasteiger charge is -2.33. The molecule has 2 N–H and O–H groups in total. The molecule has 1 fully saturated rings. The highest BCUT2D eigenvalue weighted by atomic mass is 32.1. The Hall–Kier alpha value is -2.32. The van der Waals surface area contributed by atoms with Gasteiger partial charge < -0.3 is 15.2 Å². The van der Waals surface area contributed by atoms with Crippen LogP contribution < -0.4 is 5.32 Å². The Kier molecular flexibility index (Phi) is 6.18. The second kappa shape index (κ2) is 8.58. The van der Waals surface area contributed by atoms with Crippen molar-refractivity contribution in [2.75, 3.05) is 19.8 Å². The average molecular weight is 392 g/mol. The number of amides is 1. The van der Waals surface area contributed by atoms with Gasteiger partial charge in [0, 0.05) is 31.6 Å². The monoisotopic (exact) mass is 392 g/mol. The standard InChI is InChI=1S/C19H21FN2O4S/c20-14-3-1-13(2-4-14)9-17-22-15(11-27-17)10-16(23)21-12-19(18(24)25)5-7-26-8-6-19/h1-4,11H,5-10,12H2,(H,21,23)(H,24,25). The maximum Gasteiger partial charge on any atom is 0.311 e. The fourth-order valence-electron chi connectivity index (χ4n) is 3.01. The molecule has 0 spiro atoms. The van der Waals surface area contributed by atoms with Gasteiger partial charge in [0.2, 0.25) is 5.91 Å². The van der Waals surface area contributed by atoms with Gasteiger partial charge in [-0.3, -0.25) is 9.59 Å². The number of carbonyl (C=O) groups excluding carboxylic acids is 1. The van der Waals surface area contributed by atoms with Gasteiger partial charge in [-0.15, -0.1) is 11.3 Å². The molecule has 0 bridgehead atoms. The number of carbonyl (C=O) groups is 2. The van der Waals surface area contributed by atoms with Gasteiger partial charge in [-0.25, -0.2) is 9.37 Å².